The fourth-order valence-electron chi connectivity index (χ4n) is 3.37. The highest BCUT2D eigenvalue weighted by Gasteiger charge is 2.22. The number of carbonyl (C=O) groups is 3. The van der Waals surface area contributed by atoms with Crippen LogP contribution in [-0.4, -0.2) is 54.8 Å². The number of amides is 3. The Kier molecular flexibility index (Phi) is 8.28. The Hall–Kier alpha value is -2.61. The number of carbonyl (C=O) groups excluding carboxylic acids is 3. The summed E-state index contributed by atoms with van der Waals surface area (Å²) in [5.41, 5.74) is 1.04. The molecule has 3 rings (SSSR count). The van der Waals surface area contributed by atoms with Crippen LogP contribution >= 0.6 is 23.2 Å². The Balaban J connectivity index is 1.36. The Morgan fingerprint density at radius 3 is 2.35 bits per heavy atom. The van der Waals surface area contributed by atoms with Gasteiger partial charge in [-0.15, -0.1) is 0 Å². The molecular formula is C22H24Cl2N4O3. The second-order valence-electron chi connectivity index (χ2n) is 7.34. The van der Waals surface area contributed by atoms with Crippen molar-refractivity contribution in [3.05, 3.63) is 64.1 Å². The van der Waals surface area contributed by atoms with Crippen molar-refractivity contribution in [2.45, 2.75) is 18.9 Å². The average Bonchev–Trinajstić information content (AvgIpc) is 2.74. The van der Waals surface area contributed by atoms with Gasteiger partial charge in [-0.2, -0.15) is 0 Å². The molecule has 164 valence electrons. The molecule has 3 N–H and O–H groups in total. The molecule has 0 spiro atoms. The Morgan fingerprint density at radius 1 is 0.968 bits per heavy atom. The van der Waals surface area contributed by atoms with Crippen molar-refractivity contribution < 1.29 is 14.4 Å². The van der Waals surface area contributed by atoms with Crippen LogP contribution in [0.1, 0.15) is 23.2 Å². The lowest BCUT2D eigenvalue weighted by Gasteiger charge is -2.31. The monoisotopic (exact) mass is 462 g/mol. The molecule has 0 atom stereocenters. The Labute approximate surface area is 191 Å². The second kappa shape index (κ2) is 11.1. The minimum Gasteiger partial charge on any atom is -0.352 e. The van der Waals surface area contributed by atoms with Gasteiger partial charge in [-0.3, -0.25) is 19.3 Å². The van der Waals surface area contributed by atoms with Gasteiger partial charge in [0.2, 0.25) is 11.8 Å². The van der Waals surface area contributed by atoms with Crippen molar-refractivity contribution in [3.8, 4) is 0 Å². The lowest BCUT2D eigenvalue weighted by atomic mass is 10.0. The highest BCUT2D eigenvalue weighted by atomic mass is 35.5. The molecule has 3 amide bonds. The summed E-state index contributed by atoms with van der Waals surface area (Å²) in [6.45, 7) is 1.59. The average molecular weight is 463 g/mol. The standard InChI is InChI=1S/C22H24Cl2N4O3/c23-15-6-7-18(19(24)12-15)22(31)25-13-20(29)26-17-8-10-28(11-9-17)14-21(30)27-16-4-2-1-3-5-16/h1-7,12,17H,8-11,13-14H2,(H,25,31)(H,26,29)(H,27,30). The number of nitrogens with one attached hydrogen (secondary N) is 3. The third-order valence-corrected chi connectivity index (χ3v) is 5.51. The second-order valence-corrected chi connectivity index (χ2v) is 8.18. The van der Waals surface area contributed by atoms with Gasteiger partial charge in [-0.25, -0.2) is 0 Å². The Morgan fingerprint density at radius 2 is 1.68 bits per heavy atom. The molecule has 9 heteroatoms. The van der Waals surface area contributed by atoms with E-state index in [0.29, 0.717) is 24.7 Å². The summed E-state index contributed by atoms with van der Waals surface area (Å²) in [5, 5.41) is 9.03. The van der Waals surface area contributed by atoms with E-state index in [1.54, 1.807) is 6.07 Å². The van der Waals surface area contributed by atoms with Gasteiger partial charge in [-0.1, -0.05) is 41.4 Å². The van der Waals surface area contributed by atoms with Crippen molar-refractivity contribution in [2.24, 2.45) is 0 Å². The molecule has 0 bridgehead atoms. The number of rotatable bonds is 7. The summed E-state index contributed by atoms with van der Waals surface area (Å²) in [4.78, 5) is 38.6. The number of piperidine rings is 1. The summed E-state index contributed by atoms with van der Waals surface area (Å²) in [7, 11) is 0. The van der Waals surface area contributed by atoms with Crippen molar-refractivity contribution in [1.29, 1.82) is 0 Å². The quantitative estimate of drug-likeness (QED) is 0.589. The normalized spacial score (nSPS) is 14.6. The highest BCUT2D eigenvalue weighted by molar-refractivity contribution is 6.36. The van der Waals surface area contributed by atoms with E-state index < -0.39 is 5.91 Å². The van der Waals surface area contributed by atoms with Crippen LogP contribution in [0, 0.1) is 0 Å². The first-order chi connectivity index (χ1) is 14.9. The van der Waals surface area contributed by atoms with Crippen molar-refractivity contribution >= 4 is 46.6 Å². The molecule has 7 nitrogen and oxygen atoms in total. The van der Waals surface area contributed by atoms with Gasteiger partial charge in [0.25, 0.3) is 5.91 Å². The number of likely N-dealkylation sites (tertiary alicyclic amines) is 1. The maximum Gasteiger partial charge on any atom is 0.253 e. The fraction of sp³-hybridized carbons (Fsp3) is 0.318. The van der Waals surface area contributed by atoms with Gasteiger partial charge >= 0.3 is 0 Å². The molecule has 31 heavy (non-hydrogen) atoms. The van der Waals surface area contributed by atoms with Crippen molar-refractivity contribution in [3.63, 3.8) is 0 Å². The number of nitrogens with zero attached hydrogens (tertiary/aromatic N) is 1. The molecular weight excluding hydrogens is 439 g/mol. The zero-order valence-corrected chi connectivity index (χ0v) is 18.4. The molecule has 2 aromatic carbocycles. The number of para-hydroxylation sites is 1. The number of hydrogen-bond donors (Lipinski definition) is 3. The van der Waals surface area contributed by atoms with E-state index in [1.165, 1.54) is 12.1 Å². The lowest BCUT2D eigenvalue weighted by Crippen LogP contribution is -2.48. The predicted molar refractivity (Wildman–Crippen MR) is 121 cm³/mol. The number of benzene rings is 2. The zero-order valence-electron chi connectivity index (χ0n) is 16.9. The molecule has 0 unspecified atom stereocenters. The molecule has 0 radical (unpaired) electrons. The zero-order chi connectivity index (χ0) is 22.2. The molecule has 0 aromatic heterocycles. The number of halogens is 2. The smallest absolute Gasteiger partial charge is 0.253 e. The van der Waals surface area contributed by atoms with Gasteiger partial charge in [-0.05, 0) is 43.2 Å². The van der Waals surface area contributed by atoms with Crippen LogP contribution in [0.4, 0.5) is 5.69 Å². The van der Waals surface area contributed by atoms with Crippen molar-refractivity contribution in [2.75, 3.05) is 31.5 Å². The molecule has 0 aliphatic carbocycles. The van der Waals surface area contributed by atoms with Gasteiger partial charge in [0.1, 0.15) is 0 Å². The lowest BCUT2D eigenvalue weighted by molar-refractivity contribution is -0.121. The molecule has 1 aliphatic rings. The van der Waals surface area contributed by atoms with Crippen LogP contribution in [0.3, 0.4) is 0 Å². The molecule has 2 aromatic rings. The highest BCUT2D eigenvalue weighted by Crippen LogP contribution is 2.20. The van der Waals surface area contributed by atoms with Crippen molar-refractivity contribution in [1.82, 2.24) is 15.5 Å². The third kappa shape index (κ3) is 7.24. The van der Waals surface area contributed by atoms with Gasteiger partial charge in [0.15, 0.2) is 0 Å². The van der Waals surface area contributed by atoms with E-state index in [1.807, 2.05) is 30.3 Å². The fourth-order valence-corrected chi connectivity index (χ4v) is 3.86. The van der Waals surface area contributed by atoms with E-state index in [4.69, 9.17) is 23.2 Å². The topological polar surface area (TPSA) is 90.5 Å². The van der Waals surface area contributed by atoms with Crippen LogP contribution in [0.15, 0.2) is 48.5 Å². The first kappa shape index (κ1) is 23.1. The summed E-state index contributed by atoms with van der Waals surface area (Å²) in [6.07, 6.45) is 1.47. The third-order valence-electron chi connectivity index (χ3n) is 4.96. The maximum absolute atomic E-state index is 12.2. The van der Waals surface area contributed by atoms with Gasteiger partial charge in [0.05, 0.1) is 23.7 Å². The van der Waals surface area contributed by atoms with E-state index in [0.717, 1.165) is 18.5 Å². The molecule has 1 heterocycles. The van der Waals surface area contributed by atoms with E-state index >= 15 is 0 Å². The summed E-state index contributed by atoms with van der Waals surface area (Å²) in [6, 6.07) is 13.9. The minimum absolute atomic E-state index is 0.0111. The number of anilines is 1. The number of hydrogen-bond acceptors (Lipinski definition) is 4. The maximum atomic E-state index is 12.2. The molecule has 1 saturated heterocycles. The molecule has 0 saturated carbocycles. The minimum atomic E-state index is -0.434. The van der Waals surface area contributed by atoms with Crippen LogP contribution in [0.5, 0.6) is 0 Å². The molecule has 1 fully saturated rings. The first-order valence-electron chi connectivity index (χ1n) is 10.0. The summed E-state index contributed by atoms with van der Waals surface area (Å²) in [5.74, 6) is -0.757. The van der Waals surface area contributed by atoms with Gasteiger partial charge in [0, 0.05) is 29.8 Å². The van der Waals surface area contributed by atoms with E-state index in [-0.39, 0.29) is 35.0 Å². The van der Waals surface area contributed by atoms with E-state index in [2.05, 4.69) is 20.9 Å². The molecule has 1 aliphatic heterocycles. The van der Waals surface area contributed by atoms with Crippen LogP contribution in [0.2, 0.25) is 10.0 Å². The summed E-state index contributed by atoms with van der Waals surface area (Å²) >= 11 is 11.8. The Bertz CT molecular complexity index is 932. The van der Waals surface area contributed by atoms with Crippen LogP contribution in [0.25, 0.3) is 0 Å². The van der Waals surface area contributed by atoms with Crippen LogP contribution < -0.4 is 16.0 Å². The van der Waals surface area contributed by atoms with E-state index in [9.17, 15) is 14.4 Å². The van der Waals surface area contributed by atoms with Gasteiger partial charge < -0.3 is 16.0 Å². The largest absolute Gasteiger partial charge is 0.352 e. The SMILES string of the molecule is O=C(CN1CCC(NC(=O)CNC(=O)c2ccc(Cl)cc2Cl)CC1)Nc1ccccc1. The first-order valence-corrected chi connectivity index (χ1v) is 10.8. The van der Waals surface area contributed by atoms with Crippen LogP contribution in [-0.2, 0) is 9.59 Å². The predicted octanol–water partition coefficient (Wildman–Crippen LogP) is 2.94. The summed E-state index contributed by atoms with van der Waals surface area (Å²) < 4.78 is 0.